The van der Waals surface area contributed by atoms with Crippen molar-refractivity contribution in [2.45, 2.75) is 25.6 Å². The van der Waals surface area contributed by atoms with Gasteiger partial charge in [-0.2, -0.15) is 10.1 Å². The van der Waals surface area contributed by atoms with Crippen LogP contribution < -0.4 is 5.32 Å². The van der Waals surface area contributed by atoms with Gasteiger partial charge in [0, 0.05) is 0 Å². The van der Waals surface area contributed by atoms with E-state index >= 15 is 0 Å². The Morgan fingerprint density at radius 2 is 2.10 bits per heavy atom. The molecule has 2 heterocycles. The van der Waals surface area contributed by atoms with Crippen LogP contribution in [0.5, 0.6) is 0 Å². The molecule has 3 rings (SSSR count). The van der Waals surface area contributed by atoms with Crippen molar-refractivity contribution < 1.29 is 9.90 Å². The van der Waals surface area contributed by atoms with E-state index in [1.165, 1.54) is 13.3 Å². The highest BCUT2D eigenvalue weighted by Crippen LogP contribution is 2.40. The minimum atomic E-state index is -1.37. The number of hydrogen-bond donors (Lipinski definition) is 2. The zero-order chi connectivity index (χ0) is 14.3. The first-order valence-electron chi connectivity index (χ1n) is 6.46. The average Bonchev–Trinajstić information content (AvgIpc) is 2.83. The second kappa shape index (κ2) is 4.42. The van der Waals surface area contributed by atoms with Gasteiger partial charge in [-0.25, -0.2) is 4.68 Å². The molecule has 6 heteroatoms. The van der Waals surface area contributed by atoms with Crippen molar-refractivity contribution >= 4 is 11.7 Å². The van der Waals surface area contributed by atoms with Gasteiger partial charge in [0.2, 0.25) is 5.95 Å². The molecule has 0 aliphatic carbocycles. The summed E-state index contributed by atoms with van der Waals surface area (Å²) in [4.78, 5) is 16.2. The highest BCUT2D eigenvalue weighted by atomic mass is 16.3. The molecule has 1 aliphatic rings. The van der Waals surface area contributed by atoms with E-state index in [1.807, 2.05) is 30.3 Å². The van der Waals surface area contributed by atoms with Gasteiger partial charge >= 0.3 is 0 Å². The summed E-state index contributed by atoms with van der Waals surface area (Å²) < 4.78 is 1.65. The lowest BCUT2D eigenvalue weighted by Gasteiger charge is -2.42. The summed E-state index contributed by atoms with van der Waals surface area (Å²) in [5, 5.41) is 17.7. The first-order valence-corrected chi connectivity index (χ1v) is 6.46. The van der Waals surface area contributed by atoms with Gasteiger partial charge in [-0.15, -0.1) is 0 Å². The Kier molecular flexibility index (Phi) is 2.83. The third-order valence-corrected chi connectivity index (χ3v) is 3.70. The standard InChI is InChI=1S/C14H16N4O2/c1-9(19)11-12(10-6-4-3-5-7-10)18-13(15-8-16-18)17-14(11,2)20/h3-8,11-12,20H,1-2H3,(H,15,16,17)/t11-,12-,14-/m0/s1. The summed E-state index contributed by atoms with van der Waals surface area (Å²) in [6.45, 7) is 3.08. The minimum Gasteiger partial charge on any atom is -0.370 e. The van der Waals surface area contributed by atoms with Gasteiger partial charge < -0.3 is 10.4 Å². The number of benzene rings is 1. The van der Waals surface area contributed by atoms with E-state index in [0.29, 0.717) is 5.95 Å². The number of fused-ring (bicyclic) bond motifs is 1. The topological polar surface area (TPSA) is 80.0 Å². The van der Waals surface area contributed by atoms with Crippen molar-refractivity contribution in [2.24, 2.45) is 5.92 Å². The molecule has 0 unspecified atom stereocenters. The number of aliphatic hydroxyl groups is 1. The maximum absolute atomic E-state index is 12.1. The lowest BCUT2D eigenvalue weighted by Crippen LogP contribution is -2.54. The number of nitrogens with zero attached hydrogens (tertiary/aromatic N) is 3. The molecule has 0 radical (unpaired) electrons. The molecule has 0 spiro atoms. The van der Waals surface area contributed by atoms with Crippen LogP contribution in [0.1, 0.15) is 25.5 Å². The molecule has 0 bridgehead atoms. The fourth-order valence-corrected chi connectivity index (χ4v) is 2.90. The molecule has 1 aromatic heterocycles. The molecular formula is C14H16N4O2. The summed E-state index contributed by atoms with van der Waals surface area (Å²) >= 11 is 0. The van der Waals surface area contributed by atoms with Crippen molar-refractivity contribution in [1.82, 2.24) is 14.8 Å². The zero-order valence-corrected chi connectivity index (χ0v) is 11.3. The Morgan fingerprint density at radius 3 is 2.75 bits per heavy atom. The van der Waals surface area contributed by atoms with Crippen LogP contribution in [0.25, 0.3) is 0 Å². The normalized spacial score (nSPS) is 28.6. The lowest BCUT2D eigenvalue weighted by atomic mass is 9.81. The summed E-state index contributed by atoms with van der Waals surface area (Å²) in [6.07, 6.45) is 1.41. The van der Waals surface area contributed by atoms with Crippen LogP contribution in [0.15, 0.2) is 36.7 Å². The minimum absolute atomic E-state index is 0.0995. The van der Waals surface area contributed by atoms with Gasteiger partial charge in [-0.1, -0.05) is 30.3 Å². The number of rotatable bonds is 2. The van der Waals surface area contributed by atoms with E-state index in [4.69, 9.17) is 0 Å². The quantitative estimate of drug-likeness (QED) is 0.859. The molecule has 2 N–H and O–H groups in total. The monoisotopic (exact) mass is 272 g/mol. The van der Waals surface area contributed by atoms with E-state index in [1.54, 1.807) is 11.6 Å². The maximum Gasteiger partial charge on any atom is 0.223 e. The van der Waals surface area contributed by atoms with Gasteiger partial charge in [0.1, 0.15) is 17.8 Å². The Bertz CT molecular complexity index is 636. The molecule has 3 atom stereocenters. The number of aromatic nitrogens is 3. The molecule has 0 saturated carbocycles. The van der Waals surface area contributed by atoms with Gasteiger partial charge in [0.15, 0.2) is 0 Å². The fourth-order valence-electron chi connectivity index (χ4n) is 2.90. The number of ketones is 1. The molecule has 1 aliphatic heterocycles. The Labute approximate surface area is 116 Å². The largest absolute Gasteiger partial charge is 0.370 e. The third-order valence-electron chi connectivity index (χ3n) is 3.70. The molecule has 104 valence electrons. The van der Waals surface area contributed by atoms with Crippen molar-refractivity contribution in [3.05, 3.63) is 42.2 Å². The van der Waals surface area contributed by atoms with Gasteiger partial charge in [0.25, 0.3) is 0 Å². The second-order valence-corrected chi connectivity index (χ2v) is 5.24. The third kappa shape index (κ3) is 1.89. The highest BCUT2D eigenvalue weighted by molar-refractivity contribution is 5.81. The summed E-state index contributed by atoms with van der Waals surface area (Å²) in [5.41, 5.74) is -0.448. The molecule has 20 heavy (non-hydrogen) atoms. The first kappa shape index (κ1) is 12.8. The second-order valence-electron chi connectivity index (χ2n) is 5.24. The Balaban J connectivity index is 2.19. The van der Waals surface area contributed by atoms with E-state index in [-0.39, 0.29) is 11.8 Å². The Hall–Kier alpha value is -2.21. The van der Waals surface area contributed by atoms with Crippen molar-refractivity contribution in [3.63, 3.8) is 0 Å². The molecular weight excluding hydrogens is 256 g/mol. The lowest BCUT2D eigenvalue weighted by molar-refractivity contribution is -0.130. The number of carbonyl (C=O) groups is 1. The molecule has 2 aromatic rings. The highest BCUT2D eigenvalue weighted by Gasteiger charge is 2.48. The van der Waals surface area contributed by atoms with Crippen LogP contribution in [0, 0.1) is 5.92 Å². The summed E-state index contributed by atoms with van der Waals surface area (Å²) in [5.74, 6) is -0.280. The number of anilines is 1. The molecule has 0 saturated heterocycles. The van der Waals surface area contributed by atoms with Gasteiger partial charge in [0.05, 0.1) is 12.0 Å². The van der Waals surface area contributed by atoms with Crippen LogP contribution in [0.3, 0.4) is 0 Å². The summed E-state index contributed by atoms with van der Waals surface area (Å²) in [6, 6.07) is 9.19. The van der Waals surface area contributed by atoms with E-state index in [0.717, 1.165) is 5.56 Å². The summed E-state index contributed by atoms with van der Waals surface area (Å²) in [7, 11) is 0. The number of nitrogens with one attached hydrogen (secondary N) is 1. The molecule has 0 fully saturated rings. The van der Waals surface area contributed by atoms with Crippen LogP contribution in [-0.4, -0.2) is 31.4 Å². The Morgan fingerprint density at radius 1 is 1.40 bits per heavy atom. The molecule has 6 nitrogen and oxygen atoms in total. The predicted molar refractivity (Wildman–Crippen MR) is 73.0 cm³/mol. The maximum atomic E-state index is 12.1. The van der Waals surface area contributed by atoms with Gasteiger partial charge in [-0.05, 0) is 19.4 Å². The van der Waals surface area contributed by atoms with Crippen molar-refractivity contribution in [3.8, 4) is 0 Å². The van der Waals surface area contributed by atoms with Gasteiger partial charge in [-0.3, -0.25) is 4.79 Å². The SMILES string of the molecule is CC(=O)[C@H]1[C@H](c2ccccc2)n2ncnc2N[C@@]1(C)O. The molecule has 0 amide bonds. The van der Waals surface area contributed by atoms with Crippen molar-refractivity contribution in [1.29, 1.82) is 0 Å². The van der Waals surface area contributed by atoms with E-state index < -0.39 is 11.6 Å². The molecule has 1 aromatic carbocycles. The zero-order valence-electron chi connectivity index (χ0n) is 11.3. The van der Waals surface area contributed by atoms with Crippen LogP contribution in [0.4, 0.5) is 5.95 Å². The van der Waals surface area contributed by atoms with Crippen molar-refractivity contribution in [2.75, 3.05) is 5.32 Å². The van der Waals surface area contributed by atoms with E-state index in [9.17, 15) is 9.90 Å². The van der Waals surface area contributed by atoms with E-state index in [2.05, 4.69) is 15.4 Å². The number of hydrogen-bond acceptors (Lipinski definition) is 5. The van der Waals surface area contributed by atoms with Crippen LogP contribution in [0.2, 0.25) is 0 Å². The fraction of sp³-hybridized carbons (Fsp3) is 0.357. The number of Topliss-reactive ketones (excluding diaryl/α,β-unsaturated/α-hetero) is 1. The first-order chi connectivity index (χ1) is 9.50. The van der Waals surface area contributed by atoms with Crippen LogP contribution >= 0.6 is 0 Å². The van der Waals surface area contributed by atoms with Crippen LogP contribution in [-0.2, 0) is 4.79 Å². The number of carbonyl (C=O) groups excluding carboxylic acids is 1. The predicted octanol–water partition coefficient (Wildman–Crippen LogP) is 1.21. The average molecular weight is 272 g/mol. The smallest absolute Gasteiger partial charge is 0.223 e.